The van der Waals surface area contributed by atoms with Crippen molar-refractivity contribution in [1.29, 1.82) is 0 Å². The molecule has 0 radical (unpaired) electrons. The number of carbonyl (C=O) groups excluding carboxylic acids is 1. The van der Waals surface area contributed by atoms with Crippen LogP contribution >= 0.6 is 0 Å². The molecule has 30 heavy (non-hydrogen) atoms. The number of H-pyrrole nitrogens is 1. The highest BCUT2D eigenvalue weighted by Gasteiger charge is 2.36. The van der Waals surface area contributed by atoms with E-state index in [1.807, 2.05) is 4.90 Å². The van der Waals surface area contributed by atoms with Crippen molar-refractivity contribution in [1.82, 2.24) is 29.5 Å². The van der Waals surface area contributed by atoms with Gasteiger partial charge in [0.05, 0.1) is 11.8 Å². The number of nitrogens with one attached hydrogen (secondary N) is 1. The van der Waals surface area contributed by atoms with Crippen molar-refractivity contribution >= 4 is 11.4 Å². The zero-order valence-corrected chi connectivity index (χ0v) is 16.8. The summed E-state index contributed by atoms with van der Waals surface area (Å²) in [5.41, 5.74) is 0.822. The quantitative estimate of drug-likeness (QED) is 0.705. The van der Waals surface area contributed by atoms with Crippen LogP contribution in [-0.2, 0) is 4.74 Å². The van der Waals surface area contributed by atoms with Crippen LogP contribution in [0.5, 0.6) is 0 Å². The topological polar surface area (TPSA) is 105 Å². The van der Waals surface area contributed by atoms with Crippen molar-refractivity contribution in [2.45, 2.75) is 31.6 Å². The number of hydrogen-bond donors (Lipinski definition) is 1. The molecule has 3 aromatic heterocycles. The van der Waals surface area contributed by atoms with E-state index < -0.39 is 0 Å². The van der Waals surface area contributed by atoms with Crippen LogP contribution in [0.3, 0.4) is 0 Å². The summed E-state index contributed by atoms with van der Waals surface area (Å²) in [6.07, 6.45) is 6.57. The molecule has 0 saturated carbocycles. The fraction of sp³-hybridized carbons (Fsp3) is 0.476. The third kappa shape index (κ3) is 3.28. The molecule has 1 amide bonds. The minimum absolute atomic E-state index is 0.0485. The van der Waals surface area contributed by atoms with Gasteiger partial charge >= 0.3 is 0 Å². The van der Waals surface area contributed by atoms with E-state index in [1.54, 1.807) is 35.2 Å². The van der Waals surface area contributed by atoms with E-state index in [0.717, 1.165) is 18.7 Å². The predicted molar refractivity (Wildman–Crippen MR) is 108 cm³/mol. The van der Waals surface area contributed by atoms with Crippen molar-refractivity contribution in [3.05, 3.63) is 58.3 Å². The summed E-state index contributed by atoms with van der Waals surface area (Å²) < 4.78 is 7.15. The molecule has 9 nitrogen and oxygen atoms in total. The van der Waals surface area contributed by atoms with Crippen LogP contribution < -0.4 is 5.56 Å². The number of likely N-dealkylation sites (tertiary alicyclic amines) is 1. The number of pyridine rings is 1. The van der Waals surface area contributed by atoms with Crippen LogP contribution in [0.1, 0.15) is 53.6 Å². The summed E-state index contributed by atoms with van der Waals surface area (Å²) in [6, 6.07) is 3.53. The second kappa shape index (κ2) is 7.64. The van der Waals surface area contributed by atoms with Gasteiger partial charge < -0.3 is 14.6 Å². The van der Waals surface area contributed by atoms with Gasteiger partial charge in [-0.1, -0.05) is 6.92 Å². The number of fused-ring (bicyclic) bond motifs is 1. The van der Waals surface area contributed by atoms with E-state index in [9.17, 15) is 9.59 Å². The van der Waals surface area contributed by atoms with Crippen LogP contribution in [0.4, 0.5) is 0 Å². The Kier molecular flexibility index (Phi) is 4.82. The lowest BCUT2D eigenvalue weighted by molar-refractivity contribution is 0.0786. The number of ether oxygens (including phenoxy) is 1. The average Bonchev–Trinajstić information content (AvgIpc) is 3.38. The molecule has 2 unspecified atom stereocenters. The third-order valence-corrected chi connectivity index (χ3v) is 6.19. The van der Waals surface area contributed by atoms with Crippen molar-refractivity contribution in [3.63, 3.8) is 0 Å². The largest absolute Gasteiger partial charge is 0.381 e. The van der Waals surface area contributed by atoms with Gasteiger partial charge in [0.25, 0.3) is 11.5 Å². The highest BCUT2D eigenvalue weighted by atomic mass is 16.5. The standard InChI is InChI=1S/C21H24N6O3/c1-13-11-26(21(29)15-3-2-6-22-9-15)12-16(13)18-24-20(28)17-10-23-19(27(17)25-18)14-4-7-30-8-5-14/h2-3,6,9-10,13-14,16H,4-5,7-8,11-12H2,1H3,(H,24,25,28). The maximum atomic E-state index is 12.8. The van der Waals surface area contributed by atoms with E-state index >= 15 is 0 Å². The molecule has 0 aromatic carbocycles. The van der Waals surface area contributed by atoms with Gasteiger partial charge in [-0.15, -0.1) is 0 Å². The van der Waals surface area contributed by atoms with E-state index in [2.05, 4.69) is 21.9 Å². The van der Waals surface area contributed by atoms with Gasteiger partial charge in [-0.25, -0.2) is 9.50 Å². The first-order valence-electron chi connectivity index (χ1n) is 10.4. The summed E-state index contributed by atoms with van der Waals surface area (Å²) in [5, 5.41) is 4.78. The lowest BCUT2D eigenvalue weighted by Crippen LogP contribution is -2.29. The Morgan fingerprint density at radius 1 is 1.23 bits per heavy atom. The Morgan fingerprint density at radius 2 is 2.07 bits per heavy atom. The molecule has 5 rings (SSSR count). The number of nitrogens with zero attached hydrogens (tertiary/aromatic N) is 5. The van der Waals surface area contributed by atoms with Gasteiger partial charge in [0, 0.05) is 50.5 Å². The Bertz CT molecular complexity index is 1120. The number of aromatic nitrogens is 5. The first kappa shape index (κ1) is 18.9. The minimum Gasteiger partial charge on any atom is -0.381 e. The van der Waals surface area contributed by atoms with Crippen molar-refractivity contribution in [2.24, 2.45) is 5.92 Å². The minimum atomic E-state index is -0.199. The average molecular weight is 408 g/mol. The number of carbonyl (C=O) groups is 1. The molecule has 0 aliphatic carbocycles. The fourth-order valence-electron chi connectivity index (χ4n) is 4.49. The monoisotopic (exact) mass is 408 g/mol. The highest BCUT2D eigenvalue weighted by molar-refractivity contribution is 5.94. The lowest BCUT2D eigenvalue weighted by Gasteiger charge is -2.21. The van der Waals surface area contributed by atoms with Crippen LogP contribution in [0.25, 0.3) is 5.52 Å². The smallest absolute Gasteiger partial charge is 0.276 e. The number of rotatable bonds is 3. The molecule has 1 N–H and O–H groups in total. The van der Waals surface area contributed by atoms with Crippen molar-refractivity contribution < 1.29 is 9.53 Å². The summed E-state index contributed by atoms with van der Waals surface area (Å²) in [5.74, 6) is 1.72. The second-order valence-electron chi connectivity index (χ2n) is 8.18. The molecule has 9 heteroatoms. The molecule has 2 atom stereocenters. The summed E-state index contributed by atoms with van der Waals surface area (Å²) in [6.45, 7) is 4.58. The SMILES string of the molecule is CC1CN(C(=O)c2cccnc2)CC1c1nn2c(C3CCOCC3)ncc2c(=O)[nH]1. The van der Waals surface area contributed by atoms with E-state index in [1.165, 1.54) is 0 Å². The van der Waals surface area contributed by atoms with Gasteiger partial charge in [-0.3, -0.25) is 14.6 Å². The van der Waals surface area contributed by atoms with Crippen LogP contribution in [0.2, 0.25) is 0 Å². The molecule has 2 aliphatic heterocycles. The summed E-state index contributed by atoms with van der Waals surface area (Å²) in [4.78, 5) is 38.8. The van der Waals surface area contributed by atoms with Crippen LogP contribution in [0.15, 0.2) is 35.5 Å². The number of hydrogen-bond acceptors (Lipinski definition) is 6. The Hall–Kier alpha value is -3.07. The highest BCUT2D eigenvalue weighted by Crippen LogP contribution is 2.31. The molecule has 2 fully saturated rings. The first-order chi connectivity index (χ1) is 14.6. The summed E-state index contributed by atoms with van der Waals surface area (Å²) >= 11 is 0. The van der Waals surface area contributed by atoms with Crippen molar-refractivity contribution in [2.75, 3.05) is 26.3 Å². The maximum Gasteiger partial charge on any atom is 0.276 e. The number of imidazole rings is 1. The molecule has 2 aliphatic rings. The van der Waals surface area contributed by atoms with Gasteiger partial charge in [0.2, 0.25) is 0 Å². The number of amides is 1. The fourth-order valence-corrected chi connectivity index (χ4v) is 4.49. The zero-order chi connectivity index (χ0) is 20.7. The molecule has 0 spiro atoms. The molecule has 5 heterocycles. The predicted octanol–water partition coefficient (Wildman–Crippen LogP) is 1.58. The lowest BCUT2D eigenvalue weighted by atomic mass is 9.97. The summed E-state index contributed by atoms with van der Waals surface area (Å²) in [7, 11) is 0. The molecule has 2 saturated heterocycles. The van der Waals surface area contributed by atoms with Crippen molar-refractivity contribution in [3.8, 4) is 0 Å². The Balaban J connectivity index is 1.45. The normalized spacial score (nSPS) is 22.6. The molecule has 3 aromatic rings. The van der Waals surface area contributed by atoms with Gasteiger partial charge in [-0.05, 0) is 30.9 Å². The van der Waals surface area contributed by atoms with Gasteiger partial charge in [0.1, 0.15) is 11.6 Å². The molecular weight excluding hydrogens is 384 g/mol. The Morgan fingerprint density at radius 3 is 2.83 bits per heavy atom. The van der Waals surface area contributed by atoms with Gasteiger partial charge in [-0.2, -0.15) is 5.10 Å². The van der Waals surface area contributed by atoms with E-state index in [4.69, 9.17) is 9.84 Å². The van der Waals surface area contributed by atoms with E-state index in [-0.39, 0.29) is 29.2 Å². The molecule has 0 bridgehead atoms. The van der Waals surface area contributed by atoms with E-state index in [0.29, 0.717) is 43.2 Å². The molecule has 156 valence electrons. The second-order valence-corrected chi connectivity index (χ2v) is 8.18. The maximum absolute atomic E-state index is 12.8. The third-order valence-electron chi connectivity index (χ3n) is 6.19. The van der Waals surface area contributed by atoms with Crippen LogP contribution in [-0.4, -0.2) is 61.7 Å². The zero-order valence-electron chi connectivity index (χ0n) is 16.8. The first-order valence-corrected chi connectivity index (χ1v) is 10.4. The number of aromatic amines is 1. The molecular formula is C21H24N6O3. The van der Waals surface area contributed by atoms with Gasteiger partial charge in [0.15, 0.2) is 5.52 Å². The Labute approximate surface area is 173 Å². The van der Waals surface area contributed by atoms with Crippen LogP contribution in [0, 0.1) is 5.92 Å².